The van der Waals surface area contributed by atoms with E-state index in [1.165, 1.54) is 18.0 Å². The molecular formula is C16H17ClFNS. The monoisotopic (exact) mass is 309 g/mol. The van der Waals surface area contributed by atoms with Crippen LogP contribution in [-0.2, 0) is 5.41 Å². The molecule has 4 heteroatoms. The lowest BCUT2D eigenvalue weighted by Crippen LogP contribution is -2.13. The molecule has 0 aliphatic carbocycles. The van der Waals surface area contributed by atoms with Gasteiger partial charge in [-0.15, -0.1) is 0 Å². The van der Waals surface area contributed by atoms with E-state index in [1.54, 1.807) is 0 Å². The number of benzene rings is 2. The van der Waals surface area contributed by atoms with E-state index in [2.05, 4.69) is 4.72 Å². The van der Waals surface area contributed by atoms with Crippen LogP contribution < -0.4 is 4.72 Å². The van der Waals surface area contributed by atoms with Crippen molar-refractivity contribution in [1.29, 1.82) is 0 Å². The molecule has 2 aromatic rings. The van der Waals surface area contributed by atoms with Crippen LogP contribution in [-0.4, -0.2) is 0 Å². The Morgan fingerprint density at radius 3 is 2.40 bits per heavy atom. The van der Waals surface area contributed by atoms with Crippen molar-refractivity contribution in [3.8, 4) is 0 Å². The first-order chi connectivity index (χ1) is 9.38. The highest BCUT2D eigenvalue weighted by atomic mass is 35.5. The summed E-state index contributed by atoms with van der Waals surface area (Å²) in [5, 5.41) is 0.678. The molecule has 2 rings (SSSR count). The van der Waals surface area contributed by atoms with Gasteiger partial charge >= 0.3 is 0 Å². The van der Waals surface area contributed by atoms with E-state index in [9.17, 15) is 4.39 Å². The molecule has 0 atom stereocenters. The number of halogens is 2. The molecule has 0 aromatic heterocycles. The number of nitrogens with one attached hydrogen (secondary N) is 1. The Bertz CT molecular complexity index is 608. The molecule has 0 heterocycles. The van der Waals surface area contributed by atoms with Crippen LogP contribution in [0.4, 0.5) is 10.1 Å². The maximum atomic E-state index is 14.1. The summed E-state index contributed by atoms with van der Waals surface area (Å²) in [5.41, 5.74) is 1.24. The Hall–Kier alpha value is -1.19. The maximum Gasteiger partial charge on any atom is 0.129 e. The Kier molecular flexibility index (Phi) is 4.61. The van der Waals surface area contributed by atoms with E-state index in [0.29, 0.717) is 10.6 Å². The second-order valence-corrected chi connectivity index (χ2v) is 6.83. The molecule has 0 spiro atoms. The fourth-order valence-corrected chi connectivity index (χ4v) is 2.75. The molecular weight excluding hydrogens is 293 g/mol. The lowest BCUT2D eigenvalue weighted by atomic mass is 9.86. The average Bonchev–Trinajstić information content (AvgIpc) is 2.36. The zero-order valence-corrected chi connectivity index (χ0v) is 13.3. The summed E-state index contributed by atoms with van der Waals surface area (Å²) in [6.45, 7) is 5.99. The lowest BCUT2D eigenvalue weighted by Gasteiger charge is -2.20. The zero-order chi connectivity index (χ0) is 14.8. The minimum absolute atomic E-state index is 0.192. The lowest BCUT2D eigenvalue weighted by molar-refractivity contribution is 0.523. The maximum absolute atomic E-state index is 14.1. The highest BCUT2D eigenvalue weighted by Crippen LogP contribution is 2.30. The Balaban J connectivity index is 2.12. The normalized spacial score (nSPS) is 11.4. The summed E-state index contributed by atoms with van der Waals surface area (Å²) in [4.78, 5) is 0.912. The van der Waals surface area contributed by atoms with Crippen LogP contribution in [0, 0.1) is 5.82 Å². The topological polar surface area (TPSA) is 12.0 Å². The number of rotatable bonds is 3. The minimum atomic E-state index is -0.196. The summed E-state index contributed by atoms with van der Waals surface area (Å²) < 4.78 is 17.2. The van der Waals surface area contributed by atoms with Crippen LogP contribution in [0.5, 0.6) is 0 Å². The molecule has 0 saturated carbocycles. The number of anilines is 1. The smallest absolute Gasteiger partial charge is 0.129 e. The third kappa shape index (κ3) is 3.68. The van der Waals surface area contributed by atoms with Crippen molar-refractivity contribution in [2.75, 3.05) is 4.72 Å². The second-order valence-electron chi connectivity index (χ2n) is 5.58. The first-order valence-electron chi connectivity index (χ1n) is 6.35. The predicted molar refractivity (Wildman–Crippen MR) is 86.0 cm³/mol. The van der Waals surface area contributed by atoms with Crippen molar-refractivity contribution in [2.24, 2.45) is 0 Å². The van der Waals surface area contributed by atoms with Gasteiger partial charge in [-0.3, -0.25) is 0 Å². The average molecular weight is 310 g/mol. The van der Waals surface area contributed by atoms with Gasteiger partial charge in [-0.2, -0.15) is 0 Å². The van der Waals surface area contributed by atoms with Gasteiger partial charge in [-0.25, -0.2) is 4.39 Å². The molecule has 0 fully saturated rings. The first kappa shape index (κ1) is 15.2. The van der Waals surface area contributed by atoms with Gasteiger partial charge in [0.2, 0.25) is 0 Å². The third-order valence-electron chi connectivity index (χ3n) is 2.89. The van der Waals surface area contributed by atoms with E-state index in [4.69, 9.17) is 11.6 Å². The van der Waals surface area contributed by atoms with Crippen molar-refractivity contribution < 1.29 is 4.39 Å². The molecule has 0 unspecified atom stereocenters. The Morgan fingerprint density at radius 2 is 1.80 bits per heavy atom. The highest BCUT2D eigenvalue weighted by molar-refractivity contribution is 8.00. The van der Waals surface area contributed by atoms with Gasteiger partial charge in [0.25, 0.3) is 0 Å². The van der Waals surface area contributed by atoms with Crippen LogP contribution in [0.1, 0.15) is 26.3 Å². The minimum Gasteiger partial charge on any atom is -0.325 e. The predicted octanol–water partition coefficient (Wildman–Crippen LogP) is 5.90. The Labute approximate surface area is 128 Å². The summed E-state index contributed by atoms with van der Waals surface area (Å²) >= 11 is 7.45. The quantitative estimate of drug-likeness (QED) is 0.709. The third-order valence-corrected chi connectivity index (χ3v) is 4.25. The van der Waals surface area contributed by atoms with Crippen LogP contribution in [0.2, 0.25) is 5.02 Å². The van der Waals surface area contributed by atoms with Crippen molar-refractivity contribution in [3.05, 3.63) is 58.9 Å². The van der Waals surface area contributed by atoms with Crippen molar-refractivity contribution >= 4 is 29.2 Å². The molecule has 0 aliphatic heterocycles. The van der Waals surface area contributed by atoms with E-state index < -0.39 is 0 Å². The number of hydrogen-bond donors (Lipinski definition) is 1. The fraction of sp³-hybridized carbons (Fsp3) is 0.250. The molecule has 1 nitrogen and oxygen atoms in total. The first-order valence-corrected chi connectivity index (χ1v) is 7.55. The molecule has 0 amide bonds. The van der Waals surface area contributed by atoms with Crippen LogP contribution in [0.25, 0.3) is 0 Å². The second kappa shape index (κ2) is 6.06. The molecule has 0 radical (unpaired) electrons. The van der Waals surface area contributed by atoms with Crippen molar-refractivity contribution in [2.45, 2.75) is 31.1 Å². The van der Waals surface area contributed by atoms with E-state index in [1.807, 2.05) is 57.2 Å². The molecule has 0 saturated heterocycles. The van der Waals surface area contributed by atoms with Gasteiger partial charge in [-0.05, 0) is 47.2 Å². The molecule has 20 heavy (non-hydrogen) atoms. The Morgan fingerprint density at radius 1 is 1.10 bits per heavy atom. The molecule has 106 valence electrons. The van der Waals surface area contributed by atoms with E-state index in [-0.39, 0.29) is 11.2 Å². The van der Waals surface area contributed by atoms with Gasteiger partial charge in [0, 0.05) is 10.6 Å². The van der Waals surface area contributed by atoms with Gasteiger partial charge in [-0.1, -0.05) is 50.6 Å². The molecule has 0 aliphatic rings. The molecule has 0 bridgehead atoms. The summed E-state index contributed by atoms with van der Waals surface area (Å²) in [7, 11) is 0. The van der Waals surface area contributed by atoms with Gasteiger partial charge in [0.15, 0.2) is 0 Å². The highest BCUT2D eigenvalue weighted by Gasteiger charge is 2.18. The summed E-state index contributed by atoms with van der Waals surface area (Å²) in [6, 6.07) is 12.8. The standard InChI is InChI=1S/C16H17ClFNS/c1-16(2,3)12-9-8-11(10-14(12)18)19-20-15-7-5-4-6-13(15)17/h4-10,19H,1-3H3. The zero-order valence-electron chi connectivity index (χ0n) is 11.7. The van der Waals surface area contributed by atoms with Gasteiger partial charge in [0.1, 0.15) is 5.82 Å². The van der Waals surface area contributed by atoms with E-state index >= 15 is 0 Å². The van der Waals surface area contributed by atoms with Crippen molar-refractivity contribution in [1.82, 2.24) is 0 Å². The molecule has 1 N–H and O–H groups in total. The van der Waals surface area contributed by atoms with Crippen LogP contribution >= 0.6 is 23.5 Å². The number of hydrogen-bond acceptors (Lipinski definition) is 2. The van der Waals surface area contributed by atoms with Gasteiger partial charge in [0.05, 0.1) is 5.02 Å². The summed E-state index contributed by atoms with van der Waals surface area (Å²) in [5.74, 6) is -0.192. The van der Waals surface area contributed by atoms with Crippen LogP contribution in [0.15, 0.2) is 47.4 Å². The van der Waals surface area contributed by atoms with Gasteiger partial charge < -0.3 is 4.72 Å². The van der Waals surface area contributed by atoms with Crippen LogP contribution in [0.3, 0.4) is 0 Å². The fourth-order valence-electron chi connectivity index (χ4n) is 1.83. The largest absolute Gasteiger partial charge is 0.325 e. The van der Waals surface area contributed by atoms with E-state index in [0.717, 1.165) is 10.6 Å². The SMILES string of the molecule is CC(C)(C)c1ccc(NSc2ccccc2Cl)cc1F. The summed E-state index contributed by atoms with van der Waals surface area (Å²) in [6.07, 6.45) is 0. The molecule has 2 aromatic carbocycles. The van der Waals surface area contributed by atoms with Crippen molar-refractivity contribution in [3.63, 3.8) is 0 Å².